The second-order valence-corrected chi connectivity index (χ2v) is 9.40. The van der Waals surface area contributed by atoms with E-state index in [-0.39, 0.29) is 5.92 Å². The lowest BCUT2D eigenvalue weighted by molar-refractivity contribution is 0.0664. The summed E-state index contributed by atoms with van der Waals surface area (Å²) in [4.78, 5) is 0. The van der Waals surface area contributed by atoms with Crippen molar-refractivity contribution in [2.75, 3.05) is 0 Å². The van der Waals surface area contributed by atoms with Gasteiger partial charge in [-0.25, -0.2) is 0 Å². The second-order valence-electron chi connectivity index (χ2n) is 9.40. The third-order valence-corrected chi connectivity index (χ3v) is 7.83. The molecule has 3 fully saturated rings. The Labute approximate surface area is 153 Å². The number of hydrogen-bond acceptors (Lipinski definition) is 0. The molecule has 0 bridgehead atoms. The molecule has 0 aliphatic heterocycles. The first-order chi connectivity index (χ1) is 12.2. The lowest BCUT2D eigenvalue weighted by atomic mass is 9.61. The van der Waals surface area contributed by atoms with Gasteiger partial charge in [-0.15, -0.1) is 0 Å². The average Bonchev–Trinajstić information content (AvgIpc) is 2.62. The number of rotatable bonds is 6. The minimum absolute atomic E-state index is 0.154. The normalized spacial score (nSPS) is 38.8. The summed E-state index contributed by atoms with van der Waals surface area (Å²) in [5, 5.41) is 0. The fourth-order valence-corrected chi connectivity index (χ4v) is 6.35. The van der Waals surface area contributed by atoms with Gasteiger partial charge in [0.1, 0.15) is 0 Å². The topological polar surface area (TPSA) is 0 Å². The summed E-state index contributed by atoms with van der Waals surface area (Å²) in [6.45, 7) is 2.30. The molecule has 4 atom stereocenters. The van der Waals surface area contributed by atoms with Crippen molar-refractivity contribution >= 4 is 0 Å². The Morgan fingerprint density at radius 3 is 2.04 bits per heavy atom. The fourth-order valence-electron chi connectivity index (χ4n) is 6.35. The van der Waals surface area contributed by atoms with Crippen LogP contribution in [0.2, 0.25) is 0 Å². The van der Waals surface area contributed by atoms with Crippen LogP contribution >= 0.6 is 0 Å². The van der Waals surface area contributed by atoms with Gasteiger partial charge in [0.25, 0.3) is 6.08 Å². The van der Waals surface area contributed by atoms with Crippen molar-refractivity contribution in [1.29, 1.82) is 0 Å². The van der Waals surface area contributed by atoms with E-state index in [1.807, 2.05) is 0 Å². The fraction of sp³-hybridized carbons (Fsp3) is 0.913. The highest BCUT2D eigenvalue weighted by atomic mass is 19.3. The summed E-state index contributed by atoms with van der Waals surface area (Å²) in [5.41, 5.74) is 0. The molecule has 0 nitrogen and oxygen atoms in total. The molecule has 0 aromatic heterocycles. The van der Waals surface area contributed by atoms with Gasteiger partial charge in [0, 0.05) is 0 Å². The molecular formula is C23H38F2. The molecular weight excluding hydrogens is 314 g/mol. The van der Waals surface area contributed by atoms with Crippen molar-refractivity contribution in [3.63, 3.8) is 0 Å². The second kappa shape index (κ2) is 9.51. The van der Waals surface area contributed by atoms with Crippen LogP contribution in [0.15, 0.2) is 12.2 Å². The summed E-state index contributed by atoms with van der Waals surface area (Å²) in [6, 6.07) is 0. The van der Waals surface area contributed by atoms with Gasteiger partial charge in [-0.3, -0.25) is 0 Å². The molecule has 0 spiro atoms. The quantitative estimate of drug-likeness (QED) is 0.425. The van der Waals surface area contributed by atoms with E-state index in [0.717, 1.165) is 42.4 Å². The van der Waals surface area contributed by atoms with Crippen molar-refractivity contribution in [2.45, 2.75) is 96.8 Å². The van der Waals surface area contributed by atoms with Crippen LogP contribution in [0.4, 0.5) is 8.78 Å². The summed E-state index contributed by atoms with van der Waals surface area (Å²) < 4.78 is 25.1. The third-order valence-electron chi connectivity index (χ3n) is 7.83. The SMILES string of the molecule is CCCCCC1CCC(C2CCC3CC(C=C(F)F)CCC3C2)CC1. The molecule has 0 N–H and O–H groups in total. The van der Waals surface area contributed by atoms with Crippen LogP contribution in [-0.2, 0) is 0 Å². The molecule has 0 saturated heterocycles. The van der Waals surface area contributed by atoms with Gasteiger partial charge in [-0.05, 0) is 93.0 Å². The van der Waals surface area contributed by atoms with E-state index in [4.69, 9.17) is 0 Å². The van der Waals surface area contributed by atoms with Crippen LogP contribution in [0.3, 0.4) is 0 Å². The Kier molecular flexibility index (Phi) is 7.37. The van der Waals surface area contributed by atoms with E-state index in [9.17, 15) is 8.78 Å². The Morgan fingerprint density at radius 1 is 0.760 bits per heavy atom. The van der Waals surface area contributed by atoms with Gasteiger partial charge < -0.3 is 0 Å². The maximum absolute atomic E-state index is 12.5. The smallest absolute Gasteiger partial charge is 0.174 e. The molecule has 144 valence electrons. The van der Waals surface area contributed by atoms with Crippen molar-refractivity contribution < 1.29 is 8.78 Å². The number of allylic oxidation sites excluding steroid dienone is 1. The zero-order valence-electron chi connectivity index (χ0n) is 16.2. The molecule has 3 aliphatic rings. The van der Waals surface area contributed by atoms with Crippen LogP contribution in [0.5, 0.6) is 0 Å². The molecule has 0 heterocycles. The summed E-state index contributed by atoms with van der Waals surface area (Å²) in [6.07, 6.45) is 18.6. The molecule has 2 heteroatoms. The van der Waals surface area contributed by atoms with Gasteiger partial charge in [-0.1, -0.05) is 45.4 Å². The van der Waals surface area contributed by atoms with E-state index < -0.39 is 6.08 Å². The number of halogens is 2. The Morgan fingerprint density at radius 2 is 1.36 bits per heavy atom. The first kappa shape index (κ1) is 19.4. The molecule has 4 unspecified atom stereocenters. The standard InChI is InChI=1S/C23H38F2/c1-2-3-4-5-17-6-9-19(10-7-17)21-13-12-20-14-18(15-23(24)25)8-11-22(20)16-21/h15,17-22H,2-14,16H2,1H3. The number of fused-ring (bicyclic) bond motifs is 1. The molecule has 3 rings (SSSR count). The van der Waals surface area contributed by atoms with Gasteiger partial charge in [0.05, 0.1) is 0 Å². The van der Waals surface area contributed by atoms with E-state index in [1.54, 1.807) is 0 Å². The summed E-state index contributed by atoms with van der Waals surface area (Å²) in [5.74, 6) is 4.66. The predicted octanol–water partition coefficient (Wildman–Crippen LogP) is 7.99. The lowest BCUT2D eigenvalue weighted by Gasteiger charge is -2.45. The maximum Gasteiger partial charge on any atom is 0.266 e. The van der Waals surface area contributed by atoms with Gasteiger partial charge in [0.15, 0.2) is 0 Å². The van der Waals surface area contributed by atoms with Crippen LogP contribution in [0.1, 0.15) is 96.8 Å². The highest BCUT2D eigenvalue weighted by Gasteiger charge is 2.38. The molecule has 3 saturated carbocycles. The van der Waals surface area contributed by atoms with Gasteiger partial charge >= 0.3 is 0 Å². The summed E-state index contributed by atoms with van der Waals surface area (Å²) >= 11 is 0. The van der Waals surface area contributed by atoms with Crippen molar-refractivity contribution in [3.05, 3.63) is 12.2 Å². The minimum Gasteiger partial charge on any atom is -0.174 e. The predicted molar refractivity (Wildman–Crippen MR) is 102 cm³/mol. The lowest BCUT2D eigenvalue weighted by Crippen LogP contribution is -2.34. The maximum atomic E-state index is 12.5. The summed E-state index contributed by atoms with van der Waals surface area (Å²) in [7, 11) is 0. The average molecular weight is 353 g/mol. The minimum atomic E-state index is -1.46. The molecule has 0 aromatic carbocycles. The zero-order valence-corrected chi connectivity index (χ0v) is 16.2. The first-order valence-corrected chi connectivity index (χ1v) is 11.2. The van der Waals surface area contributed by atoms with Crippen molar-refractivity contribution in [3.8, 4) is 0 Å². The first-order valence-electron chi connectivity index (χ1n) is 11.2. The monoisotopic (exact) mass is 352 g/mol. The Balaban J connectivity index is 1.41. The Bertz CT molecular complexity index is 418. The largest absolute Gasteiger partial charge is 0.266 e. The van der Waals surface area contributed by atoms with Gasteiger partial charge in [0.2, 0.25) is 0 Å². The molecule has 0 aromatic rings. The highest BCUT2D eigenvalue weighted by molar-refractivity contribution is 4.96. The van der Waals surface area contributed by atoms with Gasteiger partial charge in [-0.2, -0.15) is 8.78 Å². The van der Waals surface area contributed by atoms with Crippen molar-refractivity contribution in [2.24, 2.45) is 35.5 Å². The van der Waals surface area contributed by atoms with Crippen LogP contribution in [0.25, 0.3) is 0 Å². The van der Waals surface area contributed by atoms with E-state index in [0.29, 0.717) is 0 Å². The molecule has 25 heavy (non-hydrogen) atoms. The van der Waals surface area contributed by atoms with E-state index in [1.165, 1.54) is 83.1 Å². The van der Waals surface area contributed by atoms with E-state index in [2.05, 4.69) is 6.92 Å². The number of hydrogen-bond donors (Lipinski definition) is 0. The van der Waals surface area contributed by atoms with Crippen LogP contribution < -0.4 is 0 Å². The van der Waals surface area contributed by atoms with E-state index >= 15 is 0 Å². The Hall–Kier alpha value is -0.400. The molecule has 3 aliphatic carbocycles. The molecule has 0 radical (unpaired) electrons. The number of unbranched alkanes of at least 4 members (excludes halogenated alkanes) is 2. The highest BCUT2D eigenvalue weighted by Crippen LogP contribution is 2.49. The third kappa shape index (κ3) is 5.54. The van der Waals surface area contributed by atoms with Crippen molar-refractivity contribution in [1.82, 2.24) is 0 Å². The molecule has 0 amide bonds. The van der Waals surface area contributed by atoms with Crippen LogP contribution in [-0.4, -0.2) is 0 Å². The zero-order chi connectivity index (χ0) is 17.6. The van der Waals surface area contributed by atoms with Crippen LogP contribution in [0, 0.1) is 35.5 Å².